The smallest absolute Gasteiger partial charge is 0.311 e. The van der Waals surface area contributed by atoms with Gasteiger partial charge in [-0.2, -0.15) is 4.98 Å². The van der Waals surface area contributed by atoms with Crippen molar-refractivity contribution >= 4 is 11.5 Å². The molecule has 0 aliphatic carbocycles. The van der Waals surface area contributed by atoms with Crippen LogP contribution in [-0.4, -0.2) is 36.3 Å². The zero-order chi connectivity index (χ0) is 14.5. The van der Waals surface area contributed by atoms with Crippen molar-refractivity contribution < 1.29 is 14.4 Å². The number of nitro groups is 1. The fourth-order valence-corrected chi connectivity index (χ4v) is 2.43. The molecule has 7 heteroatoms. The Morgan fingerprint density at radius 1 is 1.60 bits per heavy atom. The summed E-state index contributed by atoms with van der Waals surface area (Å²) in [5, 5.41) is 14.1. The molecule has 20 heavy (non-hydrogen) atoms. The summed E-state index contributed by atoms with van der Waals surface area (Å²) in [4.78, 5) is 14.7. The molecule has 1 aromatic rings. The van der Waals surface area contributed by atoms with Crippen molar-refractivity contribution in [3.8, 4) is 5.88 Å². The van der Waals surface area contributed by atoms with Gasteiger partial charge in [-0.25, -0.2) is 0 Å². The Morgan fingerprint density at radius 3 is 3.05 bits per heavy atom. The van der Waals surface area contributed by atoms with Crippen molar-refractivity contribution in [2.75, 3.05) is 25.6 Å². The minimum absolute atomic E-state index is 0.0437. The van der Waals surface area contributed by atoms with E-state index in [4.69, 9.17) is 9.47 Å². The van der Waals surface area contributed by atoms with E-state index < -0.39 is 4.92 Å². The molecule has 2 rings (SSSR count). The van der Waals surface area contributed by atoms with Crippen LogP contribution in [0.3, 0.4) is 0 Å². The van der Waals surface area contributed by atoms with Crippen LogP contribution in [0.15, 0.2) is 12.1 Å². The van der Waals surface area contributed by atoms with Crippen LogP contribution in [0.25, 0.3) is 0 Å². The molecule has 1 aromatic heterocycles. The van der Waals surface area contributed by atoms with Crippen molar-refractivity contribution in [3.63, 3.8) is 0 Å². The van der Waals surface area contributed by atoms with Crippen LogP contribution in [0.4, 0.5) is 11.5 Å². The second-order valence-electron chi connectivity index (χ2n) is 4.73. The molecule has 2 heterocycles. The maximum absolute atomic E-state index is 11.0. The molecule has 0 aromatic carbocycles. The predicted octanol–water partition coefficient (Wildman–Crippen LogP) is 2.23. The molecule has 1 saturated heterocycles. The topological polar surface area (TPSA) is 86.5 Å². The molecule has 0 bridgehead atoms. The van der Waals surface area contributed by atoms with Gasteiger partial charge in [0, 0.05) is 31.2 Å². The predicted molar refractivity (Wildman–Crippen MR) is 74.1 cm³/mol. The van der Waals surface area contributed by atoms with E-state index in [2.05, 4.69) is 17.2 Å². The highest BCUT2D eigenvalue weighted by Gasteiger charge is 2.27. The zero-order valence-electron chi connectivity index (χ0n) is 11.7. The van der Waals surface area contributed by atoms with Crippen molar-refractivity contribution in [3.05, 3.63) is 22.2 Å². The van der Waals surface area contributed by atoms with Crippen LogP contribution < -0.4 is 10.1 Å². The quantitative estimate of drug-likeness (QED) is 0.635. The average Bonchev–Trinajstić information content (AvgIpc) is 2.91. The molecule has 1 aliphatic heterocycles. The van der Waals surface area contributed by atoms with E-state index in [-0.39, 0.29) is 17.6 Å². The maximum atomic E-state index is 11.0. The maximum Gasteiger partial charge on any atom is 0.311 e. The van der Waals surface area contributed by atoms with E-state index in [1.165, 1.54) is 19.2 Å². The van der Waals surface area contributed by atoms with Gasteiger partial charge >= 0.3 is 5.69 Å². The summed E-state index contributed by atoms with van der Waals surface area (Å²) in [7, 11) is 1.48. The first-order valence-corrected chi connectivity index (χ1v) is 6.70. The van der Waals surface area contributed by atoms with Gasteiger partial charge in [0.15, 0.2) is 0 Å². The minimum atomic E-state index is -0.447. The van der Waals surface area contributed by atoms with Crippen LogP contribution in [-0.2, 0) is 4.74 Å². The van der Waals surface area contributed by atoms with Gasteiger partial charge in [0.1, 0.15) is 0 Å². The highest BCUT2D eigenvalue weighted by atomic mass is 16.6. The molecular formula is C13H19N3O4. The second kappa shape index (κ2) is 6.51. The number of pyridine rings is 1. The van der Waals surface area contributed by atoms with Crippen molar-refractivity contribution in [1.82, 2.24) is 4.98 Å². The third-order valence-electron chi connectivity index (χ3n) is 3.53. The van der Waals surface area contributed by atoms with E-state index in [1.807, 2.05) is 0 Å². The van der Waals surface area contributed by atoms with Gasteiger partial charge in [0.2, 0.25) is 11.7 Å². The number of nitrogens with one attached hydrogen (secondary N) is 1. The third kappa shape index (κ3) is 3.16. The van der Waals surface area contributed by atoms with Gasteiger partial charge < -0.3 is 14.8 Å². The summed E-state index contributed by atoms with van der Waals surface area (Å²) in [6, 6.07) is 2.88. The molecule has 2 unspecified atom stereocenters. The van der Waals surface area contributed by atoms with Crippen LogP contribution in [0.2, 0.25) is 0 Å². The molecule has 7 nitrogen and oxygen atoms in total. The molecule has 0 spiro atoms. The molecule has 0 radical (unpaired) electrons. The lowest BCUT2D eigenvalue weighted by molar-refractivity contribution is -0.384. The number of methoxy groups -OCH3 is 1. The van der Waals surface area contributed by atoms with E-state index in [1.54, 1.807) is 0 Å². The van der Waals surface area contributed by atoms with Crippen molar-refractivity contribution in [2.45, 2.75) is 25.9 Å². The van der Waals surface area contributed by atoms with Gasteiger partial charge in [0.25, 0.3) is 0 Å². The van der Waals surface area contributed by atoms with E-state index in [0.717, 1.165) is 19.4 Å². The monoisotopic (exact) mass is 281 g/mol. The van der Waals surface area contributed by atoms with Gasteiger partial charge in [-0.1, -0.05) is 6.92 Å². The Kier molecular flexibility index (Phi) is 4.73. The lowest BCUT2D eigenvalue weighted by Gasteiger charge is -2.17. The number of aromatic nitrogens is 1. The van der Waals surface area contributed by atoms with Crippen LogP contribution in [0.5, 0.6) is 5.88 Å². The molecule has 0 amide bonds. The second-order valence-corrected chi connectivity index (χ2v) is 4.73. The van der Waals surface area contributed by atoms with Crippen molar-refractivity contribution in [1.29, 1.82) is 0 Å². The standard InChI is InChI=1S/C13H19N3O4/c1-3-11-9(6-7-20-11)8-14-13-10(16(17)18)4-5-12(15-13)19-2/h4-5,9,11H,3,6-8H2,1-2H3,(H,14,15). The number of hydrogen-bond donors (Lipinski definition) is 1. The molecule has 110 valence electrons. The molecule has 2 atom stereocenters. The number of ether oxygens (including phenoxy) is 2. The molecular weight excluding hydrogens is 262 g/mol. The zero-order valence-corrected chi connectivity index (χ0v) is 11.7. The number of rotatable bonds is 6. The Hall–Kier alpha value is -1.89. The summed E-state index contributed by atoms with van der Waals surface area (Å²) < 4.78 is 10.6. The molecule has 1 aliphatic rings. The lowest BCUT2D eigenvalue weighted by Crippen LogP contribution is -2.23. The van der Waals surface area contributed by atoms with Gasteiger partial charge in [-0.15, -0.1) is 0 Å². The average molecular weight is 281 g/mol. The highest BCUT2D eigenvalue weighted by molar-refractivity contribution is 5.57. The Labute approximate surface area is 117 Å². The molecule has 1 fully saturated rings. The van der Waals surface area contributed by atoms with Crippen LogP contribution in [0, 0.1) is 16.0 Å². The summed E-state index contributed by atoms with van der Waals surface area (Å²) in [5.41, 5.74) is -0.0437. The molecule has 1 N–H and O–H groups in total. The SMILES string of the molecule is CCC1OCCC1CNc1nc(OC)ccc1[N+](=O)[O-]. The highest BCUT2D eigenvalue weighted by Crippen LogP contribution is 2.27. The van der Waals surface area contributed by atoms with Gasteiger partial charge in [-0.05, 0) is 12.8 Å². The Balaban J connectivity index is 2.09. The lowest BCUT2D eigenvalue weighted by atomic mass is 10.00. The first-order valence-electron chi connectivity index (χ1n) is 6.70. The van der Waals surface area contributed by atoms with Gasteiger partial charge in [-0.3, -0.25) is 10.1 Å². The summed E-state index contributed by atoms with van der Waals surface area (Å²) >= 11 is 0. The summed E-state index contributed by atoms with van der Waals surface area (Å²) in [5.74, 6) is 0.955. The van der Waals surface area contributed by atoms with E-state index in [0.29, 0.717) is 18.3 Å². The first kappa shape index (κ1) is 14.5. The van der Waals surface area contributed by atoms with Crippen LogP contribution in [0.1, 0.15) is 19.8 Å². The summed E-state index contributed by atoms with van der Waals surface area (Å²) in [6.07, 6.45) is 2.12. The Morgan fingerprint density at radius 2 is 2.40 bits per heavy atom. The third-order valence-corrected chi connectivity index (χ3v) is 3.53. The largest absolute Gasteiger partial charge is 0.481 e. The fourth-order valence-electron chi connectivity index (χ4n) is 2.43. The fraction of sp³-hybridized carbons (Fsp3) is 0.615. The van der Waals surface area contributed by atoms with Gasteiger partial charge in [0.05, 0.1) is 18.1 Å². The minimum Gasteiger partial charge on any atom is -0.481 e. The van der Waals surface area contributed by atoms with E-state index in [9.17, 15) is 10.1 Å². The van der Waals surface area contributed by atoms with Crippen LogP contribution >= 0.6 is 0 Å². The summed E-state index contributed by atoms with van der Waals surface area (Å²) in [6.45, 7) is 3.44. The number of anilines is 1. The van der Waals surface area contributed by atoms with E-state index >= 15 is 0 Å². The number of hydrogen-bond acceptors (Lipinski definition) is 6. The Bertz CT molecular complexity index is 481. The number of nitrogens with zero attached hydrogens (tertiary/aromatic N) is 2. The molecule has 0 saturated carbocycles. The van der Waals surface area contributed by atoms with Crippen molar-refractivity contribution in [2.24, 2.45) is 5.92 Å². The normalized spacial score (nSPS) is 21.7. The first-order chi connectivity index (χ1) is 9.65.